The van der Waals surface area contributed by atoms with Gasteiger partial charge >= 0.3 is 5.97 Å². The van der Waals surface area contributed by atoms with Crippen molar-refractivity contribution < 1.29 is 18.3 Å². The summed E-state index contributed by atoms with van der Waals surface area (Å²) in [6.45, 7) is 0.954. The van der Waals surface area contributed by atoms with Crippen LogP contribution in [0.25, 0.3) is 0 Å². The average molecular weight is 279 g/mol. The van der Waals surface area contributed by atoms with Crippen molar-refractivity contribution in [2.45, 2.75) is 18.9 Å². The normalized spacial score (nSPS) is 21.9. The molecule has 0 aliphatic carbocycles. The molecule has 1 atom stereocenters. The zero-order valence-corrected chi connectivity index (χ0v) is 11.9. The maximum absolute atomic E-state index is 12.2. The van der Waals surface area contributed by atoms with Crippen molar-refractivity contribution in [3.63, 3.8) is 0 Å². The number of hydrogen-bond donors (Lipinski definition) is 1. The summed E-state index contributed by atoms with van der Waals surface area (Å²) >= 11 is 0. The van der Waals surface area contributed by atoms with Crippen LogP contribution in [-0.2, 0) is 15.0 Å². The standard InChI is InChI=1S/C10H21N3O4S/c1-11(2)9-4-7-13(8-9)18(16,17)12(3)6-5-10(14)15/h9H,4-8H2,1-3H3,(H,14,15). The second-order valence-corrected chi connectivity index (χ2v) is 6.77. The Morgan fingerprint density at radius 2 is 2.00 bits per heavy atom. The van der Waals surface area contributed by atoms with Crippen LogP contribution in [0.1, 0.15) is 12.8 Å². The van der Waals surface area contributed by atoms with Crippen molar-refractivity contribution in [3.05, 3.63) is 0 Å². The van der Waals surface area contributed by atoms with E-state index in [9.17, 15) is 13.2 Å². The van der Waals surface area contributed by atoms with E-state index in [1.165, 1.54) is 11.4 Å². The Morgan fingerprint density at radius 1 is 1.39 bits per heavy atom. The molecule has 0 saturated carbocycles. The molecule has 1 heterocycles. The van der Waals surface area contributed by atoms with Gasteiger partial charge in [0.15, 0.2) is 0 Å². The average Bonchev–Trinajstić information content (AvgIpc) is 2.75. The Kier molecular flexibility index (Phi) is 5.09. The van der Waals surface area contributed by atoms with Crippen LogP contribution in [0.3, 0.4) is 0 Å². The first-order valence-electron chi connectivity index (χ1n) is 5.84. The predicted molar refractivity (Wildman–Crippen MR) is 67.5 cm³/mol. The molecule has 8 heteroatoms. The third-order valence-electron chi connectivity index (χ3n) is 3.22. The molecule has 0 aromatic heterocycles. The minimum absolute atomic E-state index is 0.000791. The molecule has 1 unspecified atom stereocenters. The van der Waals surface area contributed by atoms with Gasteiger partial charge in [-0.1, -0.05) is 0 Å². The molecule has 0 bridgehead atoms. The maximum atomic E-state index is 12.2. The number of nitrogens with zero attached hydrogens (tertiary/aromatic N) is 3. The van der Waals surface area contributed by atoms with E-state index in [2.05, 4.69) is 0 Å². The fourth-order valence-corrected chi connectivity index (χ4v) is 3.32. The topological polar surface area (TPSA) is 81.2 Å². The lowest BCUT2D eigenvalue weighted by Gasteiger charge is -2.24. The van der Waals surface area contributed by atoms with Crippen LogP contribution < -0.4 is 0 Å². The third kappa shape index (κ3) is 3.64. The minimum Gasteiger partial charge on any atom is -0.481 e. The fraction of sp³-hybridized carbons (Fsp3) is 0.900. The van der Waals surface area contributed by atoms with Crippen molar-refractivity contribution in [2.75, 3.05) is 40.8 Å². The van der Waals surface area contributed by atoms with Gasteiger partial charge in [0.2, 0.25) is 0 Å². The zero-order valence-electron chi connectivity index (χ0n) is 11.0. The van der Waals surface area contributed by atoms with Crippen molar-refractivity contribution >= 4 is 16.2 Å². The van der Waals surface area contributed by atoms with E-state index in [0.717, 1.165) is 10.7 Å². The Bertz CT molecular complexity index is 396. The number of rotatable bonds is 6. The molecule has 1 saturated heterocycles. The summed E-state index contributed by atoms with van der Waals surface area (Å²) in [6, 6.07) is 0.229. The third-order valence-corrected chi connectivity index (χ3v) is 5.17. The largest absolute Gasteiger partial charge is 0.481 e. The number of carboxylic acids is 1. The Hall–Kier alpha value is -0.700. The summed E-state index contributed by atoms with van der Waals surface area (Å²) in [7, 11) is 1.74. The highest BCUT2D eigenvalue weighted by Gasteiger charge is 2.34. The van der Waals surface area contributed by atoms with Crippen LogP contribution >= 0.6 is 0 Å². The summed E-state index contributed by atoms with van der Waals surface area (Å²) in [5, 5.41) is 8.57. The van der Waals surface area contributed by atoms with E-state index >= 15 is 0 Å². The summed E-state index contributed by atoms with van der Waals surface area (Å²) < 4.78 is 26.8. The van der Waals surface area contributed by atoms with E-state index < -0.39 is 16.2 Å². The first-order valence-corrected chi connectivity index (χ1v) is 7.24. The van der Waals surface area contributed by atoms with E-state index in [1.807, 2.05) is 19.0 Å². The zero-order chi connectivity index (χ0) is 13.9. The highest BCUT2D eigenvalue weighted by molar-refractivity contribution is 7.86. The van der Waals surface area contributed by atoms with Gasteiger partial charge in [-0.05, 0) is 20.5 Å². The van der Waals surface area contributed by atoms with Gasteiger partial charge in [-0.15, -0.1) is 0 Å². The molecule has 1 rings (SSSR count). The maximum Gasteiger partial charge on any atom is 0.304 e. The summed E-state index contributed by atoms with van der Waals surface area (Å²) in [5.41, 5.74) is 0. The van der Waals surface area contributed by atoms with E-state index in [0.29, 0.717) is 13.1 Å². The van der Waals surface area contributed by atoms with Gasteiger partial charge in [0.05, 0.1) is 6.42 Å². The van der Waals surface area contributed by atoms with Crippen molar-refractivity contribution in [3.8, 4) is 0 Å². The molecule has 1 aliphatic heterocycles. The van der Waals surface area contributed by atoms with Crippen LogP contribution in [0.5, 0.6) is 0 Å². The number of carbonyl (C=O) groups is 1. The van der Waals surface area contributed by atoms with Gasteiger partial charge in [-0.25, -0.2) is 0 Å². The molecule has 7 nitrogen and oxygen atoms in total. The second-order valence-electron chi connectivity index (χ2n) is 4.74. The van der Waals surface area contributed by atoms with Crippen molar-refractivity contribution in [1.82, 2.24) is 13.5 Å². The van der Waals surface area contributed by atoms with Crippen LogP contribution in [0.15, 0.2) is 0 Å². The molecule has 1 fully saturated rings. The van der Waals surface area contributed by atoms with Crippen LogP contribution in [0.2, 0.25) is 0 Å². The Balaban J connectivity index is 2.61. The molecule has 18 heavy (non-hydrogen) atoms. The molecule has 106 valence electrons. The molecule has 0 spiro atoms. The van der Waals surface area contributed by atoms with Crippen molar-refractivity contribution in [1.29, 1.82) is 0 Å². The van der Waals surface area contributed by atoms with E-state index in [4.69, 9.17) is 5.11 Å². The first kappa shape index (κ1) is 15.4. The van der Waals surface area contributed by atoms with Gasteiger partial charge in [-0.2, -0.15) is 17.0 Å². The number of aliphatic carboxylic acids is 1. The Labute approximate surface area is 108 Å². The lowest BCUT2D eigenvalue weighted by atomic mass is 10.2. The molecule has 1 aliphatic rings. The van der Waals surface area contributed by atoms with Crippen LogP contribution in [0, 0.1) is 0 Å². The number of carboxylic acid groups (broad SMARTS) is 1. The van der Waals surface area contributed by atoms with Gasteiger partial charge in [0.1, 0.15) is 0 Å². The molecule has 0 aromatic rings. The smallest absolute Gasteiger partial charge is 0.304 e. The van der Waals surface area contributed by atoms with Gasteiger partial charge < -0.3 is 10.0 Å². The van der Waals surface area contributed by atoms with E-state index in [1.54, 1.807) is 0 Å². The molecule has 0 aromatic carbocycles. The van der Waals surface area contributed by atoms with Crippen LogP contribution in [-0.4, -0.2) is 79.8 Å². The quantitative estimate of drug-likeness (QED) is 0.693. The SMILES string of the molecule is CN(C)C1CCN(S(=O)(=O)N(C)CCC(=O)O)C1. The lowest BCUT2D eigenvalue weighted by molar-refractivity contribution is -0.137. The molecular formula is C10H21N3O4S. The first-order chi connectivity index (χ1) is 8.25. The van der Waals surface area contributed by atoms with Gasteiger partial charge in [0, 0.05) is 32.7 Å². The number of hydrogen-bond acceptors (Lipinski definition) is 4. The molecule has 0 amide bonds. The van der Waals surface area contributed by atoms with Crippen molar-refractivity contribution in [2.24, 2.45) is 0 Å². The number of likely N-dealkylation sites (N-methyl/N-ethyl adjacent to an activating group) is 1. The monoisotopic (exact) mass is 279 g/mol. The van der Waals surface area contributed by atoms with Crippen LogP contribution in [0.4, 0.5) is 0 Å². The summed E-state index contributed by atoms with van der Waals surface area (Å²) in [6.07, 6.45) is 0.625. The predicted octanol–water partition coefficient (Wildman–Crippen LogP) is -0.726. The molecule has 0 radical (unpaired) electrons. The highest BCUT2D eigenvalue weighted by atomic mass is 32.2. The second kappa shape index (κ2) is 5.96. The van der Waals surface area contributed by atoms with Gasteiger partial charge in [0.25, 0.3) is 10.2 Å². The minimum atomic E-state index is -3.52. The Morgan fingerprint density at radius 3 is 2.44 bits per heavy atom. The fourth-order valence-electron chi connectivity index (χ4n) is 1.91. The summed E-state index contributed by atoms with van der Waals surface area (Å²) in [4.78, 5) is 12.5. The molecule has 1 N–H and O–H groups in total. The van der Waals surface area contributed by atoms with Gasteiger partial charge in [-0.3, -0.25) is 4.79 Å². The highest BCUT2D eigenvalue weighted by Crippen LogP contribution is 2.18. The summed E-state index contributed by atoms with van der Waals surface area (Å²) in [5.74, 6) is -0.996. The molecular weight excluding hydrogens is 258 g/mol. The lowest BCUT2D eigenvalue weighted by Crippen LogP contribution is -2.42. The van der Waals surface area contributed by atoms with E-state index in [-0.39, 0.29) is 19.0 Å².